The van der Waals surface area contributed by atoms with Crippen molar-refractivity contribution in [3.05, 3.63) is 59.0 Å². The predicted molar refractivity (Wildman–Crippen MR) is 98.3 cm³/mol. The van der Waals surface area contributed by atoms with Crippen LogP contribution in [0.15, 0.2) is 46.9 Å². The molecule has 0 saturated carbocycles. The lowest BCUT2D eigenvalue weighted by molar-refractivity contribution is 0.174. The van der Waals surface area contributed by atoms with Gasteiger partial charge < -0.3 is 9.47 Å². The standard InChI is InChI=1S/C18H11F2N3O2S2/c19-12-3-2-11(6-13(12)20)14-8-27-18-22-21-17(23(14)18)26-7-10-1-4-15-16(5-10)25-9-24-15/h1-6,8H,7,9H2. The summed E-state index contributed by atoms with van der Waals surface area (Å²) in [6, 6.07) is 9.66. The summed E-state index contributed by atoms with van der Waals surface area (Å²) in [5.74, 6) is 0.385. The van der Waals surface area contributed by atoms with Crippen LogP contribution in [0.2, 0.25) is 0 Å². The largest absolute Gasteiger partial charge is 0.454 e. The number of thiazole rings is 1. The first-order chi connectivity index (χ1) is 13.2. The molecule has 0 fully saturated rings. The number of thioether (sulfide) groups is 1. The van der Waals surface area contributed by atoms with Crippen molar-refractivity contribution in [3.8, 4) is 22.8 Å². The summed E-state index contributed by atoms with van der Waals surface area (Å²) in [7, 11) is 0. The van der Waals surface area contributed by atoms with Crippen LogP contribution in [0, 0.1) is 11.6 Å². The highest BCUT2D eigenvalue weighted by atomic mass is 32.2. The zero-order valence-electron chi connectivity index (χ0n) is 13.7. The summed E-state index contributed by atoms with van der Waals surface area (Å²) in [5.41, 5.74) is 2.36. The molecule has 0 spiro atoms. The van der Waals surface area contributed by atoms with E-state index in [9.17, 15) is 8.78 Å². The van der Waals surface area contributed by atoms with Crippen molar-refractivity contribution in [3.63, 3.8) is 0 Å². The fraction of sp³-hybridized carbons (Fsp3) is 0.111. The monoisotopic (exact) mass is 403 g/mol. The second-order valence-corrected chi connectivity index (χ2v) is 7.61. The first kappa shape index (κ1) is 16.5. The van der Waals surface area contributed by atoms with Gasteiger partial charge in [0.2, 0.25) is 11.8 Å². The number of halogens is 2. The third kappa shape index (κ3) is 2.92. The summed E-state index contributed by atoms with van der Waals surface area (Å²) in [6.07, 6.45) is 0. The zero-order chi connectivity index (χ0) is 18.4. The van der Waals surface area contributed by atoms with Gasteiger partial charge in [-0.2, -0.15) is 0 Å². The highest BCUT2D eigenvalue weighted by molar-refractivity contribution is 7.98. The number of rotatable bonds is 4. The molecule has 3 heterocycles. The van der Waals surface area contributed by atoms with Crippen LogP contribution in [0.25, 0.3) is 16.2 Å². The summed E-state index contributed by atoms with van der Waals surface area (Å²) < 4.78 is 39.5. The number of benzene rings is 2. The third-order valence-corrected chi connectivity index (χ3v) is 5.96. The maximum absolute atomic E-state index is 13.6. The maximum Gasteiger partial charge on any atom is 0.231 e. The van der Waals surface area contributed by atoms with Crippen LogP contribution in [-0.4, -0.2) is 21.4 Å². The summed E-state index contributed by atoms with van der Waals surface area (Å²) >= 11 is 2.91. The fourth-order valence-corrected chi connectivity index (χ4v) is 4.61. The predicted octanol–water partition coefficient (Wildman–Crippen LogP) is 4.76. The van der Waals surface area contributed by atoms with E-state index < -0.39 is 11.6 Å². The molecule has 0 saturated heterocycles. The highest BCUT2D eigenvalue weighted by Gasteiger charge is 2.17. The number of ether oxygens (including phenoxy) is 2. The van der Waals surface area contributed by atoms with E-state index >= 15 is 0 Å². The van der Waals surface area contributed by atoms with Crippen molar-refractivity contribution in [2.24, 2.45) is 0 Å². The molecule has 4 aromatic rings. The molecule has 0 N–H and O–H groups in total. The van der Waals surface area contributed by atoms with Gasteiger partial charge in [0, 0.05) is 16.7 Å². The molecule has 1 aliphatic rings. The van der Waals surface area contributed by atoms with E-state index in [-0.39, 0.29) is 6.79 Å². The van der Waals surface area contributed by atoms with E-state index in [0.29, 0.717) is 21.4 Å². The minimum Gasteiger partial charge on any atom is -0.454 e. The summed E-state index contributed by atoms with van der Waals surface area (Å²) in [5, 5.41) is 11.0. The molecule has 0 radical (unpaired) electrons. The molecular weight excluding hydrogens is 392 g/mol. The van der Waals surface area contributed by atoms with Gasteiger partial charge >= 0.3 is 0 Å². The molecule has 5 rings (SSSR count). The normalized spacial score (nSPS) is 12.8. The van der Waals surface area contributed by atoms with Crippen LogP contribution in [0.4, 0.5) is 8.78 Å². The average Bonchev–Trinajstić information content (AvgIpc) is 3.38. The van der Waals surface area contributed by atoms with Gasteiger partial charge in [0.1, 0.15) is 0 Å². The quantitative estimate of drug-likeness (QED) is 0.460. The second kappa shape index (κ2) is 6.50. The van der Waals surface area contributed by atoms with Gasteiger partial charge in [0.25, 0.3) is 0 Å². The summed E-state index contributed by atoms with van der Waals surface area (Å²) in [6.45, 7) is 0.239. The topological polar surface area (TPSA) is 48.7 Å². The number of fused-ring (bicyclic) bond motifs is 2. The Morgan fingerprint density at radius 1 is 1.04 bits per heavy atom. The zero-order valence-corrected chi connectivity index (χ0v) is 15.3. The Kier molecular flexibility index (Phi) is 3.98. The van der Waals surface area contributed by atoms with E-state index in [4.69, 9.17) is 9.47 Å². The Morgan fingerprint density at radius 3 is 2.81 bits per heavy atom. The van der Waals surface area contributed by atoms with Crippen LogP contribution >= 0.6 is 23.1 Å². The molecule has 0 atom stereocenters. The third-order valence-electron chi connectivity index (χ3n) is 4.14. The van der Waals surface area contributed by atoms with E-state index in [1.54, 1.807) is 6.07 Å². The van der Waals surface area contributed by atoms with Gasteiger partial charge in [-0.05, 0) is 35.9 Å². The number of hydrogen-bond acceptors (Lipinski definition) is 6. The minimum atomic E-state index is -0.880. The van der Waals surface area contributed by atoms with Gasteiger partial charge in [-0.3, -0.25) is 4.40 Å². The fourth-order valence-electron chi connectivity index (χ4n) is 2.83. The molecule has 2 aromatic heterocycles. The first-order valence-electron chi connectivity index (χ1n) is 7.98. The minimum absolute atomic E-state index is 0.239. The van der Waals surface area contributed by atoms with Crippen LogP contribution in [-0.2, 0) is 5.75 Å². The van der Waals surface area contributed by atoms with Crippen molar-refractivity contribution >= 4 is 28.1 Å². The van der Waals surface area contributed by atoms with Crippen LogP contribution in [0.1, 0.15) is 5.56 Å². The number of nitrogens with zero attached hydrogens (tertiary/aromatic N) is 3. The maximum atomic E-state index is 13.6. The van der Waals surface area contributed by atoms with Crippen LogP contribution < -0.4 is 9.47 Å². The lowest BCUT2D eigenvalue weighted by atomic mass is 10.1. The van der Waals surface area contributed by atoms with Crippen molar-refractivity contribution in [2.75, 3.05) is 6.79 Å². The molecule has 1 aliphatic heterocycles. The first-order valence-corrected chi connectivity index (χ1v) is 9.85. The van der Waals surface area contributed by atoms with Gasteiger partial charge in [0.05, 0.1) is 5.69 Å². The number of aromatic nitrogens is 3. The number of hydrogen-bond donors (Lipinski definition) is 0. The Morgan fingerprint density at radius 2 is 1.93 bits per heavy atom. The molecule has 0 unspecified atom stereocenters. The van der Waals surface area contributed by atoms with Gasteiger partial charge in [-0.15, -0.1) is 21.5 Å². The summed E-state index contributed by atoms with van der Waals surface area (Å²) in [4.78, 5) is 0.697. The molecule has 0 aliphatic carbocycles. The van der Waals surface area contributed by atoms with Crippen molar-refractivity contribution in [1.29, 1.82) is 0 Å². The molecular formula is C18H11F2N3O2S2. The molecule has 5 nitrogen and oxygen atoms in total. The van der Waals surface area contributed by atoms with E-state index in [1.165, 1.54) is 29.2 Å². The Bertz CT molecular complexity index is 1160. The van der Waals surface area contributed by atoms with Crippen LogP contribution in [0.3, 0.4) is 0 Å². The smallest absolute Gasteiger partial charge is 0.231 e. The van der Waals surface area contributed by atoms with Crippen molar-refractivity contribution < 1.29 is 18.3 Å². The SMILES string of the molecule is Fc1ccc(-c2csc3nnc(SCc4ccc5c(c4)OCO5)n23)cc1F. The Balaban J connectivity index is 1.45. The molecule has 0 bridgehead atoms. The van der Waals surface area contributed by atoms with Gasteiger partial charge in [0.15, 0.2) is 28.3 Å². The lowest BCUT2D eigenvalue weighted by Gasteiger charge is -2.05. The Hall–Kier alpha value is -2.65. The van der Waals surface area contributed by atoms with Gasteiger partial charge in [-0.1, -0.05) is 17.8 Å². The van der Waals surface area contributed by atoms with Crippen LogP contribution in [0.5, 0.6) is 11.5 Å². The average molecular weight is 403 g/mol. The molecule has 9 heteroatoms. The molecule has 27 heavy (non-hydrogen) atoms. The van der Waals surface area contributed by atoms with Crippen molar-refractivity contribution in [1.82, 2.24) is 14.6 Å². The molecule has 136 valence electrons. The van der Waals surface area contributed by atoms with Crippen molar-refractivity contribution in [2.45, 2.75) is 10.9 Å². The van der Waals surface area contributed by atoms with E-state index in [1.807, 2.05) is 28.0 Å². The molecule has 0 amide bonds. The second-order valence-electron chi connectivity index (χ2n) is 5.83. The van der Waals surface area contributed by atoms with Gasteiger partial charge in [-0.25, -0.2) is 8.78 Å². The molecule has 2 aromatic carbocycles. The highest BCUT2D eigenvalue weighted by Crippen LogP contribution is 2.35. The lowest BCUT2D eigenvalue weighted by Crippen LogP contribution is -1.93. The van der Waals surface area contributed by atoms with E-state index in [2.05, 4.69) is 10.2 Å². The van der Waals surface area contributed by atoms with E-state index in [0.717, 1.165) is 28.8 Å². The Labute approximate surface area is 160 Å².